The minimum absolute atomic E-state index is 0.00158. The average Bonchev–Trinajstić information content (AvgIpc) is 3.78. The lowest BCUT2D eigenvalue weighted by Crippen LogP contribution is -2.57. The smallest absolute Gasteiger partial charge is 0.407 e. The van der Waals surface area contributed by atoms with Crippen molar-refractivity contribution in [2.75, 3.05) is 18.4 Å². The van der Waals surface area contributed by atoms with Gasteiger partial charge in [0, 0.05) is 23.6 Å². The second kappa shape index (κ2) is 11.6. The van der Waals surface area contributed by atoms with E-state index in [4.69, 9.17) is 9.47 Å². The van der Waals surface area contributed by atoms with E-state index in [1.54, 1.807) is 18.2 Å². The number of nitrogens with one attached hydrogen (secondary N) is 2. The van der Waals surface area contributed by atoms with Crippen molar-refractivity contribution < 1.29 is 35.9 Å². The lowest BCUT2D eigenvalue weighted by Gasteiger charge is -2.60. The minimum Gasteiger partial charge on any atom is -0.477 e. The highest BCUT2D eigenvalue weighted by molar-refractivity contribution is 7.92. The Morgan fingerprint density at radius 1 is 1.04 bits per heavy atom. The standard InChI is InChI=1S/C35H39F3N4O5S/c1-20-6-4-7-21(2)29(20)27-13-28-41-31(40-27)42-48(44,45)26-9-5-8-22(12-26)30(24(19-47-28)16-34(10-11-34)35(36,37)38)23-14-33(15-23)17-25(18-33)39-32(43)46-3/h4-9,12-13,23-25,30H,10-11,14-19H2,1-3H3,(H,39,43)(H,40,41,42)/t23?,24-,25?,30?,33?/m1/s1. The zero-order valence-electron chi connectivity index (χ0n) is 27.1. The Morgan fingerprint density at radius 2 is 1.73 bits per heavy atom. The number of hydrogen-bond acceptors (Lipinski definition) is 7. The number of alkyl halides is 3. The van der Waals surface area contributed by atoms with Crippen molar-refractivity contribution in [2.24, 2.45) is 22.7 Å². The normalized spacial score (nSPS) is 28.3. The lowest BCUT2D eigenvalue weighted by molar-refractivity contribution is -0.194. The third kappa shape index (κ3) is 5.98. The molecule has 1 unspecified atom stereocenters. The number of amides is 1. The molecule has 3 saturated carbocycles. The lowest BCUT2D eigenvalue weighted by atomic mass is 9.46. The van der Waals surface area contributed by atoms with E-state index in [2.05, 4.69) is 20.0 Å². The Balaban J connectivity index is 1.28. The van der Waals surface area contributed by atoms with Crippen LogP contribution in [-0.2, 0) is 14.8 Å². The Bertz CT molecular complexity index is 1830. The maximum atomic E-state index is 14.5. The molecule has 2 N–H and O–H groups in total. The van der Waals surface area contributed by atoms with E-state index in [0.717, 1.165) is 42.4 Å². The first-order chi connectivity index (χ1) is 22.7. The maximum Gasteiger partial charge on any atom is 0.407 e. The van der Waals surface area contributed by atoms with Crippen molar-refractivity contribution >= 4 is 22.1 Å². The molecule has 1 aromatic heterocycles. The Labute approximate surface area is 278 Å². The van der Waals surface area contributed by atoms with Crippen molar-refractivity contribution in [1.29, 1.82) is 0 Å². The van der Waals surface area contributed by atoms with Gasteiger partial charge < -0.3 is 14.8 Å². The van der Waals surface area contributed by atoms with Gasteiger partial charge in [-0.05, 0) is 105 Å². The summed E-state index contributed by atoms with van der Waals surface area (Å²) < 4.78 is 84.6. The van der Waals surface area contributed by atoms with E-state index < -0.39 is 39.5 Å². The number of methoxy groups -OCH3 is 1. The third-order valence-corrected chi connectivity index (χ3v) is 12.4. The predicted molar refractivity (Wildman–Crippen MR) is 172 cm³/mol. The summed E-state index contributed by atoms with van der Waals surface area (Å²) in [5, 5.41) is 2.84. The van der Waals surface area contributed by atoms with Crippen LogP contribution in [0.25, 0.3) is 11.3 Å². The number of nitrogens with zero attached hydrogens (tertiary/aromatic N) is 2. The number of sulfonamides is 1. The molecular weight excluding hydrogens is 645 g/mol. The van der Waals surface area contributed by atoms with Gasteiger partial charge in [-0.2, -0.15) is 18.2 Å². The summed E-state index contributed by atoms with van der Waals surface area (Å²) in [6.07, 6.45) is -1.81. The van der Waals surface area contributed by atoms with Crippen LogP contribution in [-0.4, -0.2) is 50.4 Å². The molecule has 0 radical (unpaired) electrons. The zero-order valence-corrected chi connectivity index (χ0v) is 27.9. The quantitative estimate of drug-likeness (QED) is 0.290. The number of fused-ring (bicyclic) bond motifs is 4. The molecule has 3 fully saturated rings. The van der Waals surface area contributed by atoms with Gasteiger partial charge in [0.1, 0.15) is 0 Å². The van der Waals surface area contributed by atoms with Gasteiger partial charge in [0.2, 0.25) is 11.8 Å². The third-order valence-electron chi connectivity index (χ3n) is 11.0. The highest BCUT2D eigenvalue weighted by Crippen LogP contribution is 2.66. The van der Waals surface area contributed by atoms with Crippen molar-refractivity contribution in [3.05, 3.63) is 65.2 Å². The summed E-state index contributed by atoms with van der Waals surface area (Å²) in [5.41, 5.74) is 1.94. The second-order valence-corrected chi connectivity index (χ2v) is 16.0. The Hall–Kier alpha value is -3.87. The number of rotatable bonds is 5. The molecule has 7 rings (SSSR count). The first-order valence-electron chi connectivity index (χ1n) is 16.3. The molecule has 1 amide bonds. The molecule has 4 aliphatic rings. The van der Waals surface area contributed by atoms with Crippen molar-refractivity contribution in [2.45, 2.75) is 81.8 Å². The minimum atomic E-state index is -4.37. The molecule has 1 aliphatic heterocycles. The van der Waals surface area contributed by atoms with Gasteiger partial charge in [-0.3, -0.25) is 0 Å². The number of benzene rings is 2. The maximum absolute atomic E-state index is 14.5. The van der Waals surface area contributed by atoms with Crippen LogP contribution in [0.5, 0.6) is 5.88 Å². The largest absolute Gasteiger partial charge is 0.477 e. The van der Waals surface area contributed by atoms with Crippen molar-refractivity contribution in [3.63, 3.8) is 0 Å². The molecular formula is C35H39F3N4O5S. The number of carbonyl (C=O) groups excluding carboxylic acids is 1. The number of aryl methyl sites for hydroxylation is 2. The Kier molecular flexibility index (Phi) is 7.92. The van der Waals surface area contributed by atoms with Crippen LogP contribution in [0.4, 0.5) is 23.9 Å². The fraction of sp³-hybridized carbons (Fsp3) is 0.514. The van der Waals surface area contributed by atoms with Crippen LogP contribution in [0.2, 0.25) is 0 Å². The first-order valence-corrected chi connectivity index (χ1v) is 17.8. The van der Waals surface area contributed by atoms with E-state index in [-0.39, 0.29) is 60.0 Å². The molecule has 13 heteroatoms. The van der Waals surface area contributed by atoms with E-state index in [1.807, 2.05) is 38.1 Å². The van der Waals surface area contributed by atoms with Gasteiger partial charge >= 0.3 is 12.3 Å². The number of ether oxygens (including phenoxy) is 2. The molecule has 1 spiro atoms. The first kappa shape index (κ1) is 32.7. The van der Waals surface area contributed by atoms with E-state index >= 15 is 0 Å². The van der Waals surface area contributed by atoms with Crippen LogP contribution in [0.1, 0.15) is 67.6 Å². The van der Waals surface area contributed by atoms with Crippen LogP contribution in [0.3, 0.4) is 0 Å². The zero-order chi connectivity index (χ0) is 34.1. The molecule has 48 heavy (non-hydrogen) atoms. The summed E-state index contributed by atoms with van der Waals surface area (Å²) in [4.78, 5) is 20.7. The topological polar surface area (TPSA) is 120 Å². The van der Waals surface area contributed by atoms with Crippen molar-refractivity contribution in [1.82, 2.24) is 15.3 Å². The molecule has 3 aromatic rings. The molecule has 4 bridgehead atoms. The van der Waals surface area contributed by atoms with Crippen molar-refractivity contribution in [3.8, 4) is 17.1 Å². The van der Waals surface area contributed by atoms with E-state index in [1.165, 1.54) is 13.2 Å². The van der Waals surface area contributed by atoms with Gasteiger partial charge in [-0.15, -0.1) is 0 Å². The summed E-state index contributed by atoms with van der Waals surface area (Å²) >= 11 is 0. The molecule has 2 atom stereocenters. The molecule has 256 valence electrons. The average molecular weight is 685 g/mol. The van der Waals surface area contributed by atoms with Gasteiger partial charge in [0.15, 0.2) is 0 Å². The van der Waals surface area contributed by atoms with Crippen LogP contribution in [0.15, 0.2) is 53.4 Å². The van der Waals surface area contributed by atoms with E-state index in [0.29, 0.717) is 11.3 Å². The van der Waals surface area contributed by atoms with Crippen LogP contribution < -0.4 is 14.8 Å². The van der Waals surface area contributed by atoms with Gasteiger partial charge in [-0.1, -0.05) is 30.3 Å². The van der Waals surface area contributed by atoms with Gasteiger partial charge in [0.25, 0.3) is 10.0 Å². The highest BCUT2D eigenvalue weighted by atomic mass is 32.2. The van der Waals surface area contributed by atoms with Crippen LogP contribution >= 0.6 is 0 Å². The number of alkyl carbamates (subject to hydrolysis) is 1. The summed E-state index contributed by atoms with van der Waals surface area (Å²) in [5.74, 6) is -1.06. The summed E-state index contributed by atoms with van der Waals surface area (Å²) in [7, 11) is -2.85. The molecule has 3 aliphatic carbocycles. The monoisotopic (exact) mass is 684 g/mol. The number of aromatic nitrogens is 2. The van der Waals surface area contributed by atoms with Crippen LogP contribution in [0, 0.1) is 36.5 Å². The number of anilines is 1. The molecule has 2 aromatic carbocycles. The van der Waals surface area contributed by atoms with Gasteiger partial charge in [-0.25, -0.2) is 22.9 Å². The summed E-state index contributed by atoms with van der Waals surface area (Å²) in [6.45, 7) is 3.82. The van der Waals surface area contributed by atoms with E-state index in [9.17, 15) is 26.4 Å². The fourth-order valence-electron chi connectivity index (χ4n) is 8.58. The molecule has 0 saturated heterocycles. The molecule has 9 nitrogen and oxygen atoms in total. The highest BCUT2D eigenvalue weighted by Gasteiger charge is 2.64. The fourth-order valence-corrected chi connectivity index (χ4v) is 9.58. The Morgan fingerprint density at radius 3 is 2.38 bits per heavy atom. The SMILES string of the molecule is COC(=O)NC1CC2(C1)CC(C1c3cccc(c3)S(=O)(=O)Nc3nc(cc(-c4c(C)cccc4C)n3)OC[C@H]1CC1(C(F)(F)F)CC1)C2. The number of halogens is 3. The number of hydrogen-bond donors (Lipinski definition) is 2. The second-order valence-electron chi connectivity index (χ2n) is 14.3. The number of carbonyl (C=O) groups is 1. The predicted octanol–water partition coefficient (Wildman–Crippen LogP) is 7.30. The molecule has 2 heterocycles. The van der Waals surface area contributed by atoms with Gasteiger partial charge in [0.05, 0.1) is 29.7 Å². The summed E-state index contributed by atoms with van der Waals surface area (Å²) in [6, 6.07) is 13.9.